The first-order chi connectivity index (χ1) is 9.79. The normalized spacial score (nSPS) is 22.7. The van der Waals surface area contributed by atoms with E-state index in [0.717, 1.165) is 0 Å². The Morgan fingerprint density at radius 3 is 1.27 bits per heavy atom. The average molecular weight is 370 g/mol. The maximum atomic E-state index is 13.1. The zero-order valence-corrected chi connectivity index (χ0v) is 11.2. The second-order valence-electron chi connectivity index (χ2n) is 4.27. The van der Waals surface area contributed by atoms with Crippen LogP contribution in [0.25, 0.3) is 0 Å². The van der Waals surface area contributed by atoms with Crippen molar-refractivity contribution in [3.8, 4) is 0 Å². The van der Waals surface area contributed by atoms with Gasteiger partial charge in [-0.1, -0.05) is 0 Å². The maximum Gasteiger partial charge on any atom is 0.272 e. The Balaban J connectivity index is 4.86. The first-order valence-electron chi connectivity index (χ1n) is 5.51. The molecule has 1 N–H and O–H groups in total. The molecular weight excluding hydrogens is 359 g/mol. The molecule has 0 amide bonds. The van der Waals surface area contributed by atoms with Crippen LogP contribution >= 0.6 is 0 Å². The molecular formula is C9H11F9O3S. The molecule has 3 nitrogen and oxygen atoms in total. The topological polar surface area (TPSA) is 54.4 Å². The first kappa shape index (κ1) is 21.3. The second-order valence-corrected chi connectivity index (χ2v) is 5.76. The van der Waals surface area contributed by atoms with Gasteiger partial charge in [-0.3, -0.25) is 4.55 Å². The predicted octanol–water partition coefficient (Wildman–Crippen LogP) is 2.51. The van der Waals surface area contributed by atoms with Crippen molar-refractivity contribution >= 4 is 10.1 Å². The maximum absolute atomic E-state index is 13.1. The molecule has 7 unspecified atom stereocenters. The fraction of sp³-hybridized carbons (Fsp3) is 1.00. The van der Waals surface area contributed by atoms with E-state index in [0.29, 0.717) is 0 Å². The summed E-state index contributed by atoms with van der Waals surface area (Å²) >= 11 is 0. The van der Waals surface area contributed by atoms with Crippen LogP contribution in [0.2, 0.25) is 0 Å². The Morgan fingerprint density at radius 1 is 0.636 bits per heavy atom. The van der Waals surface area contributed by atoms with Gasteiger partial charge in [-0.2, -0.15) is 8.42 Å². The summed E-state index contributed by atoms with van der Waals surface area (Å²) in [4.78, 5) is 0. The standard InChI is InChI=1S/C9H11F9O3S/c10-2(1-22(19,20)21)3(11)4(12)5(13)6(14)7(15)8(16)9(17)18/h2-9H,1H2,(H,19,20,21). The Hall–Kier alpha value is -0.720. The summed E-state index contributed by atoms with van der Waals surface area (Å²) in [6.07, 6.45) is -30.3. The summed E-state index contributed by atoms with van der Waals surface area (Å²) in [6.45, 7) is 0. The monoisotopic (exact) mass is 370 g/mol. The molecule has 0 fully saturated rings. The number of alkyl halides is 9. The molecule has 13 heteroatoms. The highest BCUT2D eigenvalue weighted by Gasteiger charge is 2.47. The molecule has 7 atom stereocenters. The van der Waals surface area contributed by atoms with Crippen LogP contribution in [0.3, 0.4) is 0 Å². The number of rotatable bonds is 9. The van der Waals surface area contributed by atoms with Crippen molar-refractivity contribution < 1.29 is 52.5 Å². The van der Waals surface area contributed by atoms with E-state index in [-0.39, 0.29) is 0 Å². The van der Waals surface area contributed by atoms with Crippen LogP contribution in [-0.2, 0) is 10.1 Å². The lowest BCUT2D eigenvalue weighted by molar-refractivity contribution is -0.0641. The third-order valence-electron chi connectivity index (χ3n) is 2.48. The highest BCUT2D eigenvalue weighted by atomic mass is 32.2. The van der Waals surface area contributed by atoms with E-state index in [2.05, 4.69) is 0 Å². The Morgan fingerprint density at radius 2 is 0.955 bits per heavy atom. The van der Waals surface area contributed by atoms with E-state index in [1.165, 1.54) is 0 Å². The van der Waals surface area contributed by atoms with Crippen LogP contribution < -0.4 is 0 Å². The Labute approximate surface area is 119 Å². The van der Waals surface area contributed by atoms with E-state index in [1.54, 1.807) is 0 Å². The minimum absolute atomic E-state index is 2.00. The van der Waals surface area contributed by atoms with E-state index in [1.807, 2.05) is 0 Å². The molecule has 22 heavy (non-hydrogen) atoms. The van der Waals surface area contributed by atoms with Crippen LogP contribution in [0.5, 0.6) is 0 Å². The summed E-state index contributed by atoms with van der Waals surface area (Å²) in [7, 11) is -5.12. The van der Waals surface area contributed by atoms with Crippen molar-refractivity contribution in [2.45, 2.75) is 49.6 Å². The summed E-state index contributed by atoms with van der Waals surface area (Å²) < 4.78 is 143. The minimum atomic E-state index is -5.12. The summed E-state index contributed by atoms with van der Waals surface area (Å²) in [5.41, 5.74) is 0. The van der Waals surface area contributed by atoms with Gasteiger partial charge >= 0.3 is 0 Å². The van der Waals surface area contributed by atoms with Crippen LogP contribution in [0.15, 0.2) is 0 Å². The van der Waals surface area contributed by atoms with Gasteiger partial charge in [-0.15, -0.1) is 0 Å². The third-order valence-corrected chi connectivity index (χ3v) is 3.22. The highest BCUT2D eigenvalue weighted by molar-refractivity contribution is 7.85. The molecule has 134 valence electrons. The molecule has 0 bridgehead atoms. The van der Waals surface area contributed by atoms with Gasteiger partial charge in [0.05, 0.1) is 0 Å². The van der Waals surface area contributed by atoms with E-state index in [9.17, 15) is 47.9 Å². The van der Waals surface area contributed by atoms with Gasteiger partial charge in [0.25, 0.3) is 16.5 Å². The van der Waals surface area contributed by atoms with Crippen LogP contribution in [0.4, 0.5) is 39.5 Å². The van der Waals surface area contributed by atoms with Crippen molar-refractivity contribution in [2.75, 3.05) is 5.75 Å². The molecule has 0 aliphatic heterocycles. The average Bonchev–Trinajstić information content (AvgIpc) is 2.40. The van der Waals surface area contributed by atoms with Gasteiger partial charge in [-0.05, 0) is 0 Å². The number of halogens is 9. The van der Waals surface area contributed by atoms with Gasteiger partial charge in [0.15, 0.2) is 43.2 Å². The van der Waals surface area contributed by atoms with Gasteiger partial charge < -0.3 is 0 Å². The Bertz CT molecular complexity index is 434. The molecule has 0 aromatic heterocycles. The molecule has 0 heterocycles. The fourth-order valence-electron chi connectivity index (χ4n) is 1.33. The van der Waals surface area contributed by atoms with Crippen LogP contribution in [0, 0.1) is 0 Å². The van der Waals surface area contributed by atoms with Gasteiger partial charge in [0, 0.05) is 0 Å². The molecule has 0 aromatic carbocycles. The molecule has 0 rings (SSSR count). The van der Waals surface area contributed by atoms with Gasteiger partial charge in [-0.25, -0.2) is 39.5 Å². The lowest BCUT2D eigenvalue weighted by atomic mass is 10.00. The van der Waals surface area contributed by atoms with Crippen molar-refractivity contribution in [1.82, 2.24) is 0 Å². The van der Waals surface area contributed by atoms with Gasteiger partial charge in [0.1, 0.15) is 5.75 Å². The SMILES string of the molecule is O=S(=O)(O)CC(F)C(F)C(F)C(F)C(F)C(F)C(F)C(F)F. The molecule has 0 aliphatic carbocycles. The lowest BCUT2D eigenvalue weighted by Gasteiger charge is -2.24. The zero-order chi connectivity index (χ0) is 17.8. The quantitative estimate of drug-likeness (QED) is 0.501. The van der Waals surface area contributed by atoms with Crippen molar-refractivity contribution in [2.24, 2.45) is 0 Å². The highest BCUT2D eigenvalue weighted by Crippen LogP contribution is 2.27. The van der Waals surface area contributed by atoms with Crippen LogP contribution in [0.1, 0.15) is 0 Å². The predicted molar refractivity (Wildman–Crippen MR) is 56.7 cm³/mol. The first-order valence-corrected chi connectivity index (χ1v) is 7.12. The smallest absolute Gasteiger partial charge is 0.272 e. The Kier molecular flexibility index (Phi) is 7.95. The van der Waals surface area contributed by atoms with E-state index in [4.69, 9.17) is 4.55 Å². The lowest BCUT2D eigenvalue weighted by Crippen LogP contribution is -2.47. The van der Waals surface area contributed by atoms with Crippen molar-refractivity contribution in [3.63, 3.8) is 0 Å². The third kappa shape index (κ3) is 6.18. The summed E-state index contributed by atoms with van der Waals surface area (Å²) in [5.74, 6) is -2.00. The molecule has 0 spiro atoms. The molecule has 0 radical (unpaired) electrons. The van der Waals surface area contributed by atoms with E-state index >= 15 is 0 Å². The molecule has 0 aliphatic rings. The minimum Gasteiger partial charge on any atom is -0.285 e. The zero-order valence-electron chi connectivity index (χ0n) is 10.4. The summed E-state index contributed by atoms with van der Waals surface area (Å²) in [5, 5.41) is 0. The van der Waals surface area contributed by atoms with E-state index < -0.39 is 65.5 Å². The van der Waals surface area contributed by atoms with Crippen LogP contribution in [-0.4, -0.2) is 68.4 Å². The largest absolute Gasteiger partial charge is 0.285 e. The molecule has 0 aromatic rings. The molecule has 0 saturated heterocycles. The van der Waals surface area contributed by atoms with Gasteiger partial charge in [0.2, 0.25) is 0 Å². The van der Waals surface area contributed by atoms with Crippen molar-refractivity contribution in [1.29, 1.82) is 0 Å². The summed E-state index contributed by atoms with van der Waals surface area (Å²) in [6, 6.07) is 0. The number of hydrogen-bond donors (Lipinski definition) is 1. The second kappa shape index (κ2) is 8.22. The fourth-order valence-corrected chi connectivity index (χ4v) is 1.92. The molecule has 0 saturated carbocycles. The van der Waals surface area contributed by atoms with Crippen molar-refractivity contribution in [3.05, 3.63) is 0 Å². The number of hydrogen-bond acceptors (Lipinski definition) is 2.